The van der Waals surface area contributed by atoms with E-state index < -0.39 is 4.92 Å². The first-order valence-electron chi connectivity index (χ1n) is 6.59. The van der Waals surface area contributed by atoms with Crippen molar-refractivity contribution >= 4 is 17.3 Å². The van der Waals surface area contributed by atoms with Crippen LogP contribution < -0.4 is 16.0 Å². The fraction of sp³-hybridized carbons (Fsp3) is 0.462. The van der Waals surface area contributed by atoms with Gasteiger partial charge in [0, 0.05) is 31.3 Å². The van der Waals surface area contributed by atoms with Gasteiger partial charge in [0.1, 0.15) is 5.69 Å². The summed E-state index contributed by atoms with van der Waals surface area (Å²) in [4.78, 5) is 22.1. The maximum atomic E-state index is 11.5. The zero-order chi connectivity index (χ0) is 14.5. The first-order valence-corrected chi connectivity index (χ1v) is 6.59. The molecule has 2 rings (SSSR count). The lowest BCUT2D eigenvalue weighted by atomic mass is 10.1. The van der Waals surface area contributed by atoms with Gasteiger partial charge in [0.15, 0.2) is 0 Å². The molecule has 0 spiro atoms. The molecular weight excluding hydrogens is 260 g/mol. The van der Waals surface area contributed by atoms with Crippen LogP contribution in [0.3, 0.4) is 0 Å². The lowest BCUT2D eigenvalue weighted by Crippen LogP contribution is -2.29. The highest BCUT2D eigenvalue weighted by molar-refractivity contribution is 5.95. The summed E-state index contributed by atoms with van der Waals surface area (Å²) < 4.78 is 0. The van der Waals surface area contributed by atoms with Crippen molar-refractivity contribution in [2.24, 2.45) is 0 Å². The van der Waals surface area contributed by atoms with Crippen molar-refractivity contribution in [2.45, 2.75) is 18.9 Å². The molecule has 20 heavy (non-hydrogen) atoms. The molecule has 0 radical (unpaired) electrons. The molecule has 1 saturated heterocycles. The second-order valence-corrected chi connectivity index (χ2v) is 4.74. The number of nitro groups is 1. The Morgan fingerprint density at radius 2 is 2.35 bits per heavy atom. The van der Waals surface area contributed by atoms with Crippen molar-refractivity contribution in [2.75, 3.05) is 25.5 Å². The van der Waals surface area contributed by atoms with Gasteiger partial charge < -0.3 is 16.0 Å². The zero-order valence-electron chi connectivity index (χ0n) is 11.3. The molecule has 1 unspecified atom stereocenters. The summed E-state index contributed by atoms with van der Waals surface area (Å²) in [7, 11) is 1.49. The van der Waals surface area contributed by atoms with E-state index in [1.807, 2.05) is 0 Å². The number of carbonyl (C=O) groups excluding carboxylic acids is 1. The number of hydrogen-bond acceptors (Lipinski definition) is 5. The minimum atomic E-state index is -0.475. The molecule has 1 fully saturated rings. The van der Waals surface area contributed by atoms with Crippen LogP contribution in [0.25, 0.3) is 0 Å². The maximum absolute atomic E-state index is 11.5. The maximum Gasteiger partial charge on any atom is 0.293 e. The lowest BCUT2D eigenvalue weighted by molar-refractivity contribution is -0.384. The fourth-order valence-electron chi connectivity index (χ4n) is 2.28. The predicted octanol–water partition coefficient (Wildman–Crippen LogP) is 1.12. The quantitative estimate of drug-likeness (QED) is 0.554. The Balaban J connectivity index is 2.14. The van der Waals surface area contributed by atoms with Gasteiger partial charge in [-0.3, -0.25) is 14.9 Å². The van der Waals surface area contributed by atoms with Crippen molar-refractivity contribution in [3.05, 3.63) is 33.9 Å². The minimum Gasteiger partial charge on any atom is -0.378 e. The van der Waals surface area contributed by atoms with Crippen molar-refractivity contribution in [1.82, 2.24) is 10.6 Å². The number of hydrogen-bond donors (Lipinski definition) is 3. The Labute approximate surface area is 116 Å². The van der Waals surface area contributed by atoms with Gasteiger partial charge in [-0.05, 0) is 31.5 Å². The third kappa shape index (κ3) is 3.24. The molecule has 1 amide bonds. The summed E-state index contributed by atoms with van der Waals surface area (Å²) >= 11 is 0. The molecule has 0 bridgehead atoms. The third-order valence-electron chi connectivity index (χ3n) is 3.38. The van der Waals surface area contributed by atoms with Crippen LogP contribution in [0, 0.1) is 10.1 Å². The number of rotatable bonds is 5. The topological polar surface area (TPSA) is 96.3 Å². The smallest absolute Gasteiger partial charge is 0.293 e. The Morgan fingerprint density at radius 3 is 2.95 bits per heavy atom. The molecule has 1 aromatic carbocycles. The van der Waals surface area contributed by atoms with E-state index in [9.17, 15) is 14.9 Å². The first-order chi connectivity index (χ1) is 9.61. The van der Waals surface area contributed by atoms with Crippen LogP contribution in [0.4, 0.5) is 11.4 Å². The van der Waals surface area contributed by atoms with Crippen LogP contribution in [-0.4, -0.2) is 37.0 Å². The minimum absolute atomic E-state index is 0.0795. The van der Waals surface area contributed by atoms with E-state index in [2.05, 4.69) is 16.0 Å². The predicted molar refractivity (Wildman–Crippen MR) is 76.0 cm³/mol. The van der Waals surface area contributed by atoms with E-state index in [4.69, 9.17) is 0 Å². The van der Waals surface area contributed by atoms with E-state index in [1.165, 1.54) is 13.1 Å². The Hall–Kier alpha value is -2.15. The molecule has 3 N–H and O–H groups in total. The van der Waals surface area contributed by atoms with Crippen LogP contribution in [0.5, 0.6) is 0 Å². The Kier molecular flexibility index (Phi) is 4.52. The number of carbonyl (C=O) groups is 1. The number of nitrogens with one attached hydrogen (secondary N) is 3. The van der Waals surface area contributed by atoms with Gasteiger partial charge in [0.25, 0.3) is 11.6 Å². The summed E-state index contributed by atoms with van der Waals surface area (Å²) in [5.41, 5.74) is 0.643. The number of nitrogens with zero attached hydrogens (tertiary/aromatic N) is 1. The number of benzene rings is 1. The molecule has 1 aliphatic heterocycles. The summed E-state index contributed by atoms with van der Waals surface area (Å²) in [5.74, 6) is -0.336. The van der Waals surface area contributed by atoms with E-state index in [-0.39, 0.29) is 17.2 Å². The van der Waals surface area contributed by atoms with Crippen LogP contribution in [0.1, 0.15) is 23.2 Å². The number of amides is 1. The molecule has 1 aliphatic rings. The summed E-state index contributed by atoms with van der Waals surface area (Å²) in [6, 6.07) is 4.80. The largest absolute Gasteiger partial charge is 0.378 e. The molecule has 1 atom stereocenters. The average Bonchev–Trinajstić information content (AvgIpc) is 2.97. The molecule has 1 aromatic rings. The van der Waals surface area contributed by atoms with Crippen LogP contribution >= 0.6 is 0 Å². The molecule has 0 aliphatic carbocycles. The van der Waals surface area contributed by atoms with E-state index in [0.29, 0.717) is 18.3 Å². The first kappa shape index (κ1) is 14.3. The van der Waals surface area contributed by atoms with Gasteiger partial charge in [-0.1, -0.05) is 0 Å². The molecule has 0 aromatic heterocycles. The van der Waals surface area contributed by atoms with Crippen molar-refractivity contribution in [3.63, 3.8) is 0 Å². The van der Waals surface area contributed by atoms with Gasteiger partial charge >= 0.3 is 0 Å². The second-order valence-electron chi connectivity index (χ2n) is 4.74. The van der Waals surface area contributed by atoms with Crippen LogP contribution in [0.15, 0.2) is 18.2 Å². The average molecular weight is 278 g/mol. The standard InChI is InChI=1S/C13H18N4O3/c1-14-13(18)9-4-5-11(12(7-9)17(19)20)16-8-10-3-2-6-15-10/h4-5,7,10,15-16H,2-3,6,8H2,1H3,(H,14,18). The molecule has 1 heterocycles. The molecule has 0 saturated carbocycles. The summed E-state index contributed by atoms with van der Waals surface area (Å²) in [6.07, 6.45) is 2.20. The zero-order valence-corrected chi connectivity index (χ0v) is 11.3. The van der Waals surface area contributed by atoms with E-state index in [0.717, 1.165) is 19.4 Å². The number of anilines is 1. The van der Waals surface area contributed by atoms with Gasteiger partial charge in [-0.2, -0.15) is 0 Å². The summed E-state index contributed by atoms with van der Waals surface area (Å²) in [5, 5.41) is 20.0. The lowest BCUT2D eigenvalue weighted by Gasteiger charge is -2.13. The third-order valence-corrected chi connectivity index (χ3v) is 3.38. The summed E-state index contributed by atoms with van der Waals surface area (Å²) in [6.45, 7) is 1.63. The fourth-order valence-corrected chi connectivity index (χ4v) is 2.28. The van der Waals surface area contributed by atoms with Gasteiger partial charge in [0.2, 0.25) is 0 Å². The molecular formula is C13H18N4O3. The second kappa shape index (κ2) is 6.33. The highest BCUT2D eigenvalue weighted by atomic mass is 16.6. The van der Waals surface area contributed by atoms with Crippen molar-refractivity contribution < 1.29 is 9.72 Å². The Bertz CT molecular complexity index is 512. The van der Waals surface area contributed by atoms with Gasteiger partial charge in [0.05, 0.1) is 4.92 Å². The van der Waals surface area contributed by atoms with E-state index >= 15 is 0 Å². The highest BCUT2D eigenvalue weighted by Crippen LogP contribution is 2.25. The van der Waals surface area contributed by atoms with Crippen LogP contribution in [-0.2, 0) is 0 Å². The monoisotopic (exact) mass is 278 g/mol. The van der Waals surface area contributed by atoms with E-state index in [1.54, 1.807) is 12.1 Å². The van der Waals surface area contributed by atoms with Crippen LogP contribution in [0.2, 0.25) is 0 Å². The highest BCUT2D eigenvalue weighted by Gasteiger charge is 2.19. The number of nitro benzene ring substituents is 1. The normalized spacial score (nSPS) is 17.8. The Morgan fingerprint density at radius 1 is 1.55 bits per heavy atom. The SMILES string of the molecule is CNC(=O)c1ccc(NCC2CCCN2)c([N+](=O)[O-])c1. The van der Waals surface area contributed by atoms with Crippen molar-refractivity contribution in [1.29, 1.82) is 0 Å². The van der Waals surface area contributed by atoms with Crippen molar-refractivity contribution in [3.8, 4) is 0 Å². The van der Waals surface area contributed by atoms with Gasteiger partial charge in [-0.25, -0.2) is 0 Å². The van der Waals surface area contributed by atoms with Gasteiger partial charge in [-0.15, -0.1) is 0 Å². The molecule has 7 nitrogen and oxygen atoms in total. The molecule has 108 valence electrons. The molecule has 7 heteroatoms.